The highest BCUT2D eigenvalue weighted by Crippen LogP contribution is 2.27. The van der Waals surface area contributed by atoms with Crippen molar-refractivity contribution in [2.45, 2.75) is 33.2 Å². The Kier molecular flexibility index (Phi) is 3.26. The number of para-hydroxylation sites is 2. The van der Waals surface area contributed by atoms with Gasteiger partial charge in [0.15, 0.2) is 5.65 Å². The van der Waals surface area contributed by atoms with E-state index in [4.69, 9.17) is 0 Å². The van der Waals surface area contributed by atoms with Gasteiger partial charge in [-0.05, 0) is 44.0 Å². The van der Waals surface area contributed by atoms with Crippen LogP contribution in [-0.4, -0.2) is 15.4 Å². The first kappa shape index (κ1) is 13.4. The summed E-state index contributed by atoms with van der Waals surface area (Å²) >= 11 is 0. The van der Waals surface area contributed by atoms with Gasteiger partial charge in [0.05, 0.1) is 16.6 Å². The summed E-state index contributed by atoms with van der Waals surface area (Å²) in [6, 6.07) is 12.7. The van der Waals surface area contributed by atoms with Gasteiger partial charge < -0.3 is 5.32 Å². The van der Waals surface area contributed by atoms with Gasteiger partial charge in [-0.2, -0.15) is 5.26 Å². The van der Waals surface area contributed by atoms with E-state index in [1.165, 1.54) is 0 Å². The van der Waals surface area contributed by atoms with Crippen molar-refractivity contribution >= 4 is 22.5 Å². The molecule has 4 nitrogen and oxygen atoms in total. The molecule has 0 spiro atoms. The predicted molar refractivity (Wildman–Crippen MR) is 85.5 cm³/mol. The minimum absolute atomic E-state index is 0.363. The molecule has 4 heteroatoms. The van der Waals surface area contributed by atoms with E-state index in [0.29, 0.717) is 11.6 Å². The molecule has 1 aromatic carbocycles. The molecule has 0 aliphatic heterocycles. The topological polar surface area (TPSA) is 53.1 Å². The summed E-state index contributed by atoms with van der Waals surface area (Å²) in [5, 5.41) is 13.0. The van der Waals surface area contributed by atoms with Crippen molar-refractivity contribution in [2.75, 3.05) is 5.32 Å². The number of hydrogen-bond donors (Lipinski definition) is 1. The van der Waals surface area contributed by atoms with Gasteiger partial charge in [0.25, 0.3) is 0 Å². The Balaban J connectivity index is 2.39. The molecule has 0 bridgehead atoms. The van der Waals surface area contributed by atoms with E-state index < -0.39 is 0 Å². The molecule has 106 valence electrons. The Morgan fingerprint density at radius 3 is 2.86 bits per heavy atom. The molecule has 21 heavy (non-hydrogen) atoms. The smallest absolute Gasteiger partial charge is 0.157 e. The van der Waals surface area contributed by atoms with E-state index in [1.807, 2.05) is 41.7 Å². The largest absolute Gasteiger partial charge is 0.369 e. The van der Waals surface area contributed by atoms with Crippen molar-refractivity contribution in [3.8, 4) is 6.07 Å². The summed E-state index contributed by atoms with van der Waals surface area (Å²) in [5.41, 5.74) is 4.25. The number of rotatable bonds is 3. The molecule has 1 atom stereocenters. The van der Waals surface area contributed by atoms with Crippen molar-refractivity contribution < 1.29 is 0 Å². The van der Waals surface area contributed by atoms with E-state index >= 15 is 0 Å². The van der Waals surface area contributed by atoms with Gasteiger partial charge in [-0.25, -0.2) is 4.98 Å². The molecule has 0 aliphatic rings. The zero-order valence-corrected chi connectivity index (χ0v) is 12.5. The van der Waals surface area contributed by atoms with Gasteiger partial charge in [0.1, 0.15) is 11.9 Å². The van der Waals surface area contributed by atoms with Gasteiger partial charge in [-0.1, -0.05) is 19.1 Å². The highest BCUT2D eigenvalue weighted by molar-refractivity contribution is 5.85. The third-order valence-electron chi connectivity index (χ3n) is 3.89. The SMILES string of the molecule is CC[C@@H](C)Nc1cc(C)c(C#N)c2nc3ccccc3n12. The normalized spacial score (nSPS) is 12.5. The van der Waals surface area contributed by atoms with Crippen LogP contribution in [0.3, 0.4) is 0 Å². The lowest BCUT2D eigenvalue weighted by atomic mass is 10.1. The maximum atomic E-state index is 9.44. The number of benzene rings is 1. The first-order valence-electron chi connectivity index (χ1n) is 7.23. The molecule has 0 saturated heterocycles. The van der Waals surface area contributed by atoms with Crippen molar-refractivity contribution in [3.63, 3.8) is 0 Å². The van der Waals surface area contributed by atoms with Crippen LogP contribution in [0, 0.1) is 18.3 Å². The summed E-state index contributed by atoms with van der Waals surface area (Å²) in [6.45, 7) is 6.26. The Labute approximate surface area is 124 Å². The zero-order chi connectivity index (χ0) is 15.0. The summed E-state index contributed by atoms with van der Waals surface area (Å²) < 4.78 is 2.05. The van der Waals surface area contributed by atoms with Crippen LogP contribution in [0.5, 0.6) is 0 Å². The van der Waals surface area contributed by atoms with E-state index in [1.54, 1.807) is 0 Å². The van der Waals surface area contributed by atoms with Gasteiger partial charge in [0, 0.05) is 6.04 Å². The average Bonchev–Trinajstić information content (AvgIpc) is 2.86. The van der Waals surface area contributed by atoms with E-state index in [0.717, 1.165) is 34.5 Å². The van der Waals surface area contributed by atoms with Crippen LogP contribution in [0.4, 0.5) is 5.82 Å². The number of hydrogen-bond acceptors (Lipinski definition) is 3. The Hall–Kier alpha value is -2.54. The minimum Gasteiger partial charge on any atom is -0.369 e. The number of anilines is 1. The maximum absolute atomic E-state index is 9.44. The number of imidazole rings is 1. The fraction of sp³-hybridized carbons (Fsp3) is 0.294. The summed E-state index contributed by atoms with van der Waals surface area (Å²) in [5.74, 6) is 0.990. The van der Waals surface area contributed by atoms with Crippen LogP contribution in [0.1, 0.15) is 31.4 Å². The number of fused-ring (bicyclic) bond motifs is 3. The molecule has 3 rings (SSSR count). The predicted octanol–water partition coefficient (Wildman–Crippen LogP) is 3.88. The molecule has 0 aliphatic carbocycles. The highest BCUT2D eigenvalue weighted by Gasteiger charge is 2.15. The fourth-order valence-electron chi connectivity index (χ4n) is 2.55. The van der Waals surface area contributed by atoms with E-state index in [2.05, 4.69) is 30.2 Å². The summed E-state index contributed by atoms with van der Waals surface area (Å²) in [7, 11) is 0. The molecule has 2 heterocycles. The minimum atomic E-state index is 0.363. The van der Waals surface area contributed by atoms with Crippen LogP contribution in [0.25, 0.3) is 16.7 Å². The molecular weight excluding hydrogens is 260 g/mol. The van der Waals surface area contributed by atoms with Crippen LogP contribution >= 0.6 is 0 Å². The molecular formula is C17H18N4. The Bertz CT molecular complexity index is 854. The Morgan fingerprint density at radius 2 is 2.14 bits per heavy atom. The fourth-order valence-corrected chi connectivity index (χ4v) is 2.55. The Morgan fingerprint density at radius 1 is 1.38 bits per heavy atom. The van der Waals surface area contributed by atoms with Crippen LogP contribution in [0.15, 0.2) is 30.3 Å². The quantitative estimate of drug-likeness (QED) is 0.791. The lowest BCUT2D eigenvalue weighted by Gasteiger charge is -2.16. The lowest BCUT2D eigenvalue weighted by molar-refractivity contribution is 0.757. The van der Waals surface area contributed by atoms with Crippen molar-refractivity contribution in [3.05, 3.63) is 41.5 Å². The van der Waals surface area contributed by atoms with Crippen LogP contribution in [0.2, 0.25) is 0 Å². The first-order valence-corrected chi connectivity index (χ1v) is 7.23. The third-order valence-corrected chi connectivity index (χ3v) is 3.89. The van der Waals surface area contributed by atoms with Gasteiger partial charge >= 0.3 is 0 Å². The molecule has 0 radical (unpaired) electrons. The third kappa shape index (κ3) is 2.11. The molecule has 0 amide bonds. The number of nitriles is 1. The molecule has 1 N–H and O–H groups in total. The van der Waals surface area contributed by atoms with E-state index in [-0.39, 0.29) is 0 Å². The van der Waals surface area contributed by atoms with Crippen LogP contribution < -0.4 is 5.32 Å². The number of pyridine rings is 1. The van der Waals surface area contributed by atoms with Gasteiger partial charge in [0.2, 0.25) is 0 Å². The molecule has 0 unspecified atom stereocenters. The second-order valence-electron chi connectivity index (χ2n) is 5.41. The number of aryl methyl sites for hydroxylation is 1. The standard InChI is InChI=1S/C17H18N4/c1-4-12(3)19-16-9-11(2)13(10-18)17-20-14-7-5-6-8-15(14)21(16)17/h5-9,12,19H,4H2,1-3H3/t12-/m1/s1. The highest BCUT2D eigenvalue weighted by atomic mass is 15.1. The number of nitrogens with one attached hydrogen (secondary N) is 1. The van der Waals surface area contributed by atoms with Crippen LogP contribution in [-0.2, 0) is 0 Å². The maximum Gasteiger partial charge on any atom is 0.157 e. The van der Waals surface area contributed by atoms with Crippen molar-refractivity contribution in [1.82, 2.24) is 9.38 Å². The monoisotopic (exact) mass is 278 g/mol. The van der Waals surface area contributed by atoms with E-state index in [9.17, 15) is 5.26 Å². The lowest BCUT2D eigenvalue weighted by Crippen LogP contribution is -2.16. The zero-order valence-electron chi connectivity index (χ0n) is 12.5. The molecule has 0 saturated carbocycles. The van der Waals surface area contributed by atoms with Gasteiger partial charge in [-0.15, -0.1) is 0 Å². The molecule has 0 fully saturated rings. The van der Waals surface area contributed by atoms with Crippen molar-refractivity contribution in [2.24, 2.45) is 0 Å². The number of nitrogens with zero attached hydrogens (tertiary/aromatic N) is 3. The summed E-state index contributed by atoms with van der Waals surface area (Å²) in [4.78, 5) is 4.64. The molecule has 2 aromatic heterocycles. The second kappa shape index (κ2) is 5.10. The summed E-state index contributed by atoms with van der Waals surface area (Å²) in [6.07, 6.45) is 1.03. The first-order chi connectivity index (χ1) is 10.2. The second-order valence-corrected chi connectivity index (χ2v) is 5.41. The molecule has 3 aromatic rings. The number of aromatic nitrogens is 2. The average molecular weight is 278 g/mol. The van der Waals surface area contributed by atoms with Gasteiger partial charge in [-0.3, -0.25) is 4.40 Å². The van der Waals surface area contributed by atoms with Crippen molar-refractivity contribution in [1.29, 1.82) is 5.26 Å².